The fraction of sp³-hybridized carbons (Fsp3) is 0.333. The third-order valence-electron chi connectivity index (χ3n) is 2.97. The molecule has 0 unspecified atom stereocenters. The number of nitrogens with one attached hydrogen (secondary N) is 1. The summed E-state index contributed by atoms with van der Waals surface area (Å²) in [6, 6.07) is 2.80. The summed E-state index contributed by atoms with van der Waals surface area (Å²) in [4.78, 5) is 24.2. The Morgan fingerprint density at radius 3 is 2.84 bits per heavy atom. The molecule has 1 atom stereocenters. The minimum Gasteiger partial charge on any atom is -0.480 e. The molecule has 2 N–H and O–H groups in total. The SMILES string of the molecule is O=C(O)[C@@H]1CCCN1C(=O)Nc1ccc(F)c(Br)c1. The molecule has 0 spiro atoms. The zero-order valence-electron chi connectivity index (χ0n) is 9.90. The van der Waals surface area contributed by atoms with Crippen molar-refractivity contribution in [3.05, 3.63) is 28.5 Å². The predicted octanol–water partition coefficient (Wildman–Crippen LogP) is 2.67. The normalized spacial score (nSPS) is 18.4. The third kappa shape index (κ3) is 3.04. The minimum absolute atomic E-state index is 0.238. The number of carbonyl (C=O) groups is 2. The van der Waals surface area contributed by atoms with Crippen molar-refractivity contribution in [3.8, 4) is 0 Å². The van der Waals surface area contributed by atoms with E-state index in [9.17, 15) is 14.0 Å². The van der Waals surface area contributed by atoms with E-state index in [1.165, 1.54) is 23.1 Å². The fourth-order valence-corrected chi connectivity index (χ4v) is 2.41. The van der Waals surface area contributed by atoms with Crippen molar-refractivity contribution in [3.63, 3.8) is 0 Å². The van der Waals surface area contributed by atoms with E-state index >= 15 is 0 Å². The Morgan fingerprint density at radius 2 is 2.21 bits per heavy atom. The molecule has 0 aromatic heterocycles. The van der Waals surface area contributed by atoms with E-state index in [0.717, 1.165) is 0 Å². The van der Waals surface area contributed by atoms with Crippen LogP contribution in [-0.4, -0.2) is 34.6 Å². The molecule has 0 bridgehead atoms. The van der Waals surface area contributed by atoms with Crippen molar-refractivity contribution in [1.29, 1.82) is 0 Å². The summed E-state index contributed by atoms with van der Waals surface area (Å²) in [5.74, 6) is -1.43. The van der Waals surface area contributed by atoms with Crippen LogP contribution in [0.5, 0.6) is 0 Å². The Bertz CT molecular complexity index is 524. The molecule has 1 aliphatic rings. The number of halogens is 2. The largest absolute Gasteiger partial charge is 0.480 e. The summed E-state index contributed by atoms with van der Waals surface area (Å²) in [5, 5.41) is 11.6. The van der Waals surface area contributed by atoms with Gasteiger partial charge in [0.25, 0.3) is 0 Å². The Kier molecular flexibility index (Phi) is 4.04. The second-order valence-electron chi connectivity index (χ2n) is 4.25. The smallest absolute Gasteiger partial charge is 0.326 e. The lowest BCUT2D eigenvalue weighted by Gasteiger charge is -2.21. The van der Waals surface area contributed by atoms with Gasteiger partial charge in [-0.2, -0.15) is 0 Å². The number of benzene rings is 1. The molecule has 19 heavy (non-hydrogen) atoms. The van der Waals surface area contributed by atoms with Gasteiger partial charge in [-0.05, 0) is 47.0 Å². The van der Waals surface area contributed by atoms with Gasteiger partial charge in [-0.25, -0.2) is 14.0 Å². The van der Waals surface area contributed by atoms with E-state index in [1.54, 1.807) is 0 Å². The Hall–Kier alpha value is -1.63. The predicted molar refractivity (Wildman–Crippen MR) is 70.5 cm³/mol. The van der Waals surface area contributed by atoms with Crippen LogP contribution in [0, 0.1) is 5.82 Å². The highest BCUT2D eigenvalue weighted by atomic mass is 79.9. The van der Waals surface area contributed by atoms with Crippen molar-refractivity contribution in [2.75, 3.05) is 11.9 Å². The lowest BCUT2D eigenvalue weighted by atomic mass is 10.2. The number of anilines is 1. The Labute approximate surface area is 117 Å². The molecule has 5 nitrogen and oxygen atoms in total. The number of hydrogen-bond donors (Lipinski definition) is 2. The van der Waals surface area contributed by atoms with Gasteiger partial charge in [0, 0.05) is 12.2 Å². The highest BCUT2D eigenvalue weighted by Crippen LogP contribution is 2.22. The Balaban J connectivity index is 2.08. The lowest BCUT2D eigenvalue weighted by Crippen LogP contribution is -2.42. The Morgan fingerprint density at radius 1 is 1.47 bits per heavy atom. The molecule has 1 fully saturated rings. The second kappa shape index (κ2) is 5.56. The van der Waals surface area contributed by atoms with Gasteiger partial charge in [-0.1, -0.05) is 0 Å². The molecular formula is C12H12BrFN2O3. The van der Waals surface area contributed by atoms with Crippen LogP contribution in [0.15, 0.2) is 22.7 Å². The number of amides is 2. The first-order chi connectivity index (χ1) is 8.99. The van der Waals surface area contributed by atoms with Crippen LogP contribution in [0.25, 0.3) is 0 Å². The van der Waals surface area contributed by atoms with Crippen molar-refractivity contribution in [2.45, 2.75) is 18.9 Å². The molecule has 1 saturated heterocycles. The van der Waals surface area contributed by atoms with E-state index in [2.05, 4.69) is 21.2 Å². The molecular weight excluding hydrogens is 319 g/mol. The van der Waals surface area contributed by atoms with E-state index in [4.69, 9.17) is 5.11 Å². The number of urea groups is 1. The van der Waals surface area contributed by atoms with Crippen LogP contribution in [0.4, 0.5) is 14.9 Å². The standard InChI is InChI=1S/C12H12BrFN2O3/c13-8-6-7(3-4-9(8)14)15-12(19)16-5-1-2-10(16)11(17)18/h3-4,6,10H,1-2,5H2,(H,15,19)(H,17,18)/t10-/m0/s1. The number of likely N-dealkylation sites (tertiary alicyclic amines) is 1. The monoisotopic (exact) mass is 330 g/mol. The van der Waals surface area contributed by atoms with E-state index in [0.29, 0.717) is 25.1 Å². The quantitative estimate of drug-likeness (QED) is 0.875. The number of carbonyl (C=O) groups excluding carboxylic acids is 1. The average Bonchev–Trinajstić information content (AvgIpc) is 2.83. The topological polar surface area (TPSA) is 69.6 Å². The molecule has 1 aliphatic heterocycles. The molecule has 0 saturated carbocycles. The second-order valence-corrected chi connectivity index (χ2v) is 5.10. The van der Waals surface area contributed by atoms with Crippen LogP contribution in [0.3, 0.4) is 0 Å². The number of hydrogen-bond acceptors (Lipinski definition) is 2. The summed E-state index contributed by atoms with van der Waals surface area (Å²) in [6.45, 7) is 0.408. The maximum Gasteiger partial charge on any atom is 0.326 e. The number of carboxylic acid groups (broad SMARTS) is 1. The first-order valence-electron chi connectivity index (χ1n) is 5.74. The first-order valence-corrected chi connectivity index (χ1v) is 6.54. The van der Waals surface area contributed by atoms with Crippen LogP contribution < -0.4 is 5.32 Å². The summed E-state index contributed by atoms with van der Waals surface area (Å²) in [7, 11) is 0. The van der Waals surface area contributed by atoms with Crippen LogP contribution in [-0.2, 0) is 4.79 Å². The summed E-state index contributed by atoms with van der Waals surface area (Å²) in [5.41, 5.74) is 0.411. The molecule has 0 aliphatic carbocycles. The van der Waals surface area contributed by atoms with Gasteiger partial charge >= 0.3 is 12.0 Å². The number of rotatable bonds is 2. The summed E-state index contributed by atoms with van der Waals surface area (Å²) < 4.78 is 13.3. The van der Waals surface area contributed by atoms with E-state index in [1.807, 2.05) is 0 Å². The molecule has 1 aromatic carbocycles. The van der Waals surface area contributed by atoms with Gasteiger partial charge in [0.15, 0.2) is 0 Å². The lowest BCUT2D eigenvalue weighted by molar-refractivity contribution is -0.141. The number of aliphatic carboxylic acids is 1. The van der Waals surface area contributed by atoms with Crippen LogP contribution in [0.2, 0.25) is 0 Å². The van der Waals surface area contributed by atoms with Crippen molar-refractivity contribution in [1.82, 2.24) is 4.90 Å². The van der Waals surface area contributed by atoms with Crippen LogP contribution in [0.1, 0.15) is 12.8 Å². The highest BCUT2D eigenvalue weighted by Gasteiger charge is 2.33. The van der Waals surface area contributed by atoms with E-state index < -0.39 is 23.9 Å². The van der Waals surface area contributed by atoms with Gasteiger partial charge < -0.3 is 15.3 Å². The van der Waals surface area contributed by atoms with Gasteiger partial charge in [-0.3, -0.25) is 0 Å². The average molecular weight is 331 g/mol. The number of carboxylic acids is 1. The van der Waals surface area contributed by atoms with E-state index in [-0.39, 0.29) is 4.47 Å². The van der Waals surface area contributed by atoms with Gasteiger partial charge in [0.2, 0.25) is 0 Å². The fourth-order valence-electron chi connectivity index (χ4n) is 2.04. The van der Waals surface area contributed by atoms with Crippen molar-refractivity contribution < 1.29 is 19.1 Å². The third-order valence-corrected chi connectivity index (χ3v) is 3.58. The molecule has 102 valence electrons. The van der Waals surface area contributed by atoms with Crippen LogP contribution >= 0.6 is 15.9 Å². The summed E-state index contributed by atoms with van der Waals surface area (Å²) >= 11 is 3.02. The molecule has 2 amide bonds. The zero-order valence-corrected chi connectivity index (χ0v) is 11.5. The maximum absolute atomic E-state index is 13.1. The maximum atomic E-state index is 13.1. The molecule has 0 radical (unpaired) electrons. The van der Waals surface area contributed by atoms with Crippen molar-refractivity contribution >= 4 is 33.6 Å². The van der Waals surface area contributed by atoms with Gasteiger partial charge in [-0.15, -0.1) is 0 Å². The highest BCUT2D eigenvalue weighted by molar-refractivity contribution is 9.10. The molecule has 1 aromatic rings. The molecule has 2 rings (SSSR count). The molecule has 7 heteroatoms. The number of nitrogens with zero attached hydrogens (tertiary/aromatic N) is 1. The molecule has 1 heterocycles. The first kappa shape index (κ1) is 13.8. The summed E-state index contributed by atoms with van der Waals surface area (Å²) in [6.07, 6.45) is 1.12. The van der Waals surface area contributed by atoms with Crippen molar-refractivity contribution in [2.24, 2.45) is 0 Å². The van der Waals surface area contributed by atoms with Gasteiger partial charge in [0.1, 0.15) is 11.9 Å². The minimum atomic E-state index is -1.01. The zero-order chi connectivity index (χ0) is 14.0. The van der Waals surface area contributed by atoms with Gasteiger partial charge in [0.05, 0.1) is 4.47 Å².